The molecule has 0 aliphatic heterocycles. The molecule has 4 heteroatoms. The van der Waals surface area contributed by atoms with Crippen LogP contribution in [0, 0.1) is 0 Å². The van der Waals surface area contributed by atoms with Gasteiger partial charge in [-0.25, -0.2) is 9.97 Å². The van der Waals surface area contributed by atoms with Gasteiger partial charge in [0, 0.05) is 27.9 Å². The lowest BCUT2D eigenvalue weighted by molar-refractivity contribution is 1.00. The van der Waals surface area contributed by atoms with Crippen molar-refractivity contribution in [2.45, 2.75) is 0 Å². The molecule has 0 fully saturated rings. The van der Waals surface area contributed by atoms with E-state index in [1.54, 1.807) is 6.20 Å². The van der Waals surface area contributed by atoms with Gasteiger partial charge in [-0.2, -0.15) is 4.98 Å². The number of benzene rings is 3. The molecule has 0 N–H and O–H groups in total. The molecule has 3 heterocycles. The molecule has 6 aromatic rings. The van der Waals surface area contributed by atoms with Crippen molar-refractivity contribution >= 4 is 32.8 Å². The second-order valence-corrected chi connectivity index (χ2v) is 6.98. The fraction of sp³-hybridized carbons (Fsp3) is 0. The number of nitrogens with zero attached hydrogens (tertiary/aromatic N) is 4. The van der Waals surface area contributed by atoms with Crippen LogP contribution in [0.4, 0.5) is 0 Å². The van der Waals surface area contributed by atoms with Crippen LogP contribution in [0.15, 0.2) is 97.2 Å². The number of hydrogen-bond acceptors (Lipinski definition) is 3. The Kier molecular flexibility index (Phi) is 3.43. The number of aromatic nitrogens is 4. The van der Waals surface area contributed by atoms with Crippen molar-refractivity contribution in [3.8, 4) is 17.2 Å². The van der Waals surface area contributed by atoms with E-state index in [1.807, 2.05) is 30.3 Å². The summed E-state index contributed by atoms with van der Waals surface area (Å²) in [6.45, 7) is 0. The third kappa shape index (κ3) is 2.43. The Morgan fingerprint density at radius 3 is 1.90 bits per heavy atom. The minimum absolute atomic E-state index is 0.632. The summed E-state index contributed by atoms with van der Waals surface area (Å²) in [6, 6.07) is 30.9. The smallest absolute Gasteiger partial charge is 0.237 e. The van der Waals surface area contributed by atoms with Crippen LogP contribution in [-0.4, -0.2) is 19.5 Å². The van der Waals surface area contributed by atoms with Crippen LogP contribution in [-0.2, 0) is 0 Å². The molecule has 4 nitrogen and oxygen atoms in total. The highest BCUT2D eigenvalue weighted by molar-refractivity contribution is 6.09. The van der Waals surface area contributed by atoms with E-state index in [4.69, 9.17) is 9.97 Å². The fourth-order valence-corrected chi connectivity index (χ4v) is 4.00. The zero-order valence-electron chi connectivity index (χ0n) is 15.5. The largest absolute Gasteiger partial charge is 0.278 e. The molecule has 29 heavy (non-hydrogen) atoms. The van der Waals surface area contributed by atoms with E-state index in [9.17, 15) is 0 Å². The molecular formula is C25H16N4. The quantitative estimate of drug-likeness (QED) is 0.386. The predicted octanol–water partition coefficient (Wildman–Crippen LogP) is 5.79. The average Bonchev–Trinajstić information content (AvgIpc) is 3.13. The van der Waals surface area contributed by atoms with E-state index in [-0.39, 0.29) is 0 Å². The summed E-state index contributed by atoms with van der Waals surface area (Å²) in [5, 5.41) is 3.33. The van der Waals surface area contributed by atoms with Crippen molar-refractivity contribution in [1.82, 2.24) is 19.5 Å². The number of fused-ring (bicyclic) bond motifs is 4. The number of rotatable bonds is 2. The second kappa shape index (κ2) is 6.24. The Balaban J connectivity index is 1.75. The zero-order chi connectivity index (χ0) is 19.2. The molecule has 0 radical (unpaired) electrons. The minimum Gasteiger partial charge on any atom is -0.278 e. The first kappa shape index (κ1) is 16.0. The van der Waals surface area contributed by atoms with Crippen LogP contribution in [0.5, 0.6) is 0 Å². The minimum atomic E-state index is 0.632. The van der Waals surface area contributed by atoms with Crippen molar-refractivity contribution in [1.29, 1.82) is 0 Å². The van der Waals surface area contributed by atoms with Crippen LogP contribution in [0.2, 0.25) is 0 Å². The molecule has 6 rings (SSSR count). The summed E-state index contributed by atoms with van der Waals surface area (Å²) in [5.41, 5.74) is 4.81. The highest BCUT2D eigenvalue weighted by Gasteiger charge is 2.16. The van der Waals surface area contributed by atoms with Gasteiger partial charge in [0.2, 0.25) is 5.95 Å². The summed E-state index contributed by atoms with van der Waals surface area (Å²) < 4.78 is 2.13. The summed E-state index contributed by atoms with van der Waals surface area (Å²) in [6.07, 6.45) is 1.78. The summed E-state index contributed by atoms with van der Waals surface area (Å²) >= 11 is 0. The maximum absolute atomic E-state index is 5.03. The number of para-hydroxylation sites is 2. The molecule has 0 unspecified atom stereocenters. The van der Waals surface area contributed by atoms with Crippen LogP contribution >= 0.6 is 0 Å². The molecule has 3 aromatic heterocycles. The van der Waals surface area contributed by atoms with Crippen LogP contribution in [0.1, 0.15) is 0 Å². The van der Waals surface area contributed by atoms with Crippen molar-refractivity contribution in [2.24, 2.45) is 0 Å². The van der Waals surface area contributed by atoms with Gasteiger partial charge >= 0.3 is 0 Å². The summed E-state index contributed by atoms with van der Waals surface area (Å²) in [7, 11) is 0. The molecule has 0 atom stereocenters. The van der Waals surface area contributed by atoms with Gasteiger partial charge in [0.05, 0.1) is 16.7 Å². The summed E-state index contributed by atoms with van der Waals surface area (Å²) in [4.78, 5) is 14.4. The van der Waals surface area contributed by atoms with E-state index in [2.05, 4.69) is 70.2 Å². The highest BCUT2D eigenvalue weighted by Crippen LogP contribution is 2.32. The third-order valence-electron chi connectivity index (χ3n) is 5.29. The van der Waals surface area contributed by atoms with E-state index in [1.165, 1.54) is 10.8 Å². The number of pyridine rings is 1. The van der Waals surface area contributed by atoms with Gasteiger partial charge < -0.3 is 0 Å². The molecular weight excluding hydrogens is 356 g/mol. The molecule has 0 spiro atoms. The van der Waals surface area contributed by atoms with Gasteiger partial charge in [-0.1, -0.05) is 66.7 Å². The molecule has 0 bridgehead atoms. The first-order chi connectivity index (χ1) is 14.4. The Labute approximate surface area is 167 Å². The topological polar surface area (TPSA) is 43.6 Å². The van der Waals surface area contributed by atoms with E-state index in [0.29, 0.717) is 11.6 Å². The molecule has 0 amide bonds. The van der Waals surface area contributed by atoms with Crippen LogP contribution in [0.25, 0.3) is 50.0 Å². The maximum atomic E-state index is 5.03. The van der Waals surface area contributed by atoms with Gasteiger partial charge in [-0.3, -0.25) is 4.57 Å². The van der Waals surface area contributed by atoms with Gasteiger partial charge in [0.1, 0.15) is 0 Å². The van der Waals surface area contributed by atoms with Crippen LogP contribution < -0.4 is 0 Å². The zero-order valence-corrected chi connectivity index (χ0v) is 15.5. The highest BCUT2D eigenvalue weighted by atomic mass is 15.2. The van der Waals surface area contributed by atoms with E-state index in [0.717, 1.165) is 27.7 Å². The molecule has 0 saturated heterocycles. The van der Waals surface area contributed by atoms with Crippen molar-refractivity contribution in [3.63, 3.8) is 0 Å². The van der Waals surface area contributed by atoms with Crippen molar-refractivity contribution < 1.29 is 0 Å². The van der Waals surface area contributed by atoms with E-state index >= 15 is 0 Å². The fourth-order valence-electron chi connectivity index (χ4n) is 4.00. The van der Waals surface area contributed by atoms with Crippen LogP contribution in [0.3, 0.4) is 0 Å². The van der Waals surface area contributed by atoms with Crippen molar-refractivity contribution in [2.75, 3.05) is 0 Å². The standard InChI is InChI=1S/C25H16N4/c1-2-9-17(10-3-1)23-20-13-8-16-26-24(20)28-25(27-23)29-21-14-6-4-11-18(21)19-12-5-7-15-22(19)29/h1-16H. The maximum Gasteiger partial charge on any atom is 0.237 e. The predicted molar refractivity (Wildman–Crippen MR) is 117 cm³/mol. The Hall–Kier alpha value is -4.05. The molecule has 136 valence electrons. The first-order valence-electron chi connectivity index (χ1n) is 9.57. The Morgan fingerprint density at radius 2 is 1.17 bits per heavy atom. The molecule has 0 aliphatic carbocycles. The monoisotopic (exact) mass is 372 g/mol. The lowest BCUT2D eigenvalue weighted by atomic mass is 10.1. The lowest BCUT2D eigenvalue weighted by Crippen LogP contribution is -2.04. The second-order valence-electron chi connectivity index (χ2n) is 6.98. The SMILES string of the molecule is c1ccc(-c2nc(-n3c4ccccc4c4ccccc43)nc3ncccc23)cc1. The third-order valence-corrected chi connectivity index (χ3v) is 5.29. The van der Waals surface area contributed by atoms with Gasteiger partial charge in [0.15, 0.2) is 5.65 Å². The normalized spacial score (nSPS) is 11.4. The summed E-state index contributed by atoms with van der Waals surface area (Å²) in [5.74, 6) is 0.632. The first-order valence-corrected chi connectivity index (χ1v) is 9.57. The van der Waals surface area contributed by atoms with Gasteiger partial charge in [-0.15, -0.1) is 0 Å². The van der Waals surface area contributed by atoms with Crippen molar-refractivity contribution in [3.05, 3.63) is 97.2 Å². The van der Waals surface area contributed by atoms with Gasteiger partial charge in [-0.05, 0) is 24.3 Å². The van der Waals surface area contributed by atoms with Gasteiger partial charge in [0.25, 0.3) is 0 Å². The Morgan fingerprint density at radius 1 is 0.552 bits per heavy atom. The lowest BCUT2D eigenvalue weighted by Gasteiger charge is -2.11. The number of hydrogen-bond donors (Lipinski definition) is 0. The van der Waals surface area contributed by atoms with E-state index < -0.39 is 0 Å². The Bertz CT molecular complexity index is 1450. The molecule has 3 aromatic carbocycles. The molecule has 0 aliphatic rings. The average molecular weight is 372 g/mol. The molecule has 0 saturated carbocycles.